The van der Waals surface area contributed by atoms with E-state index in [4.69, 9.17) is 9.47 Å². The first-order valence-electron chi connectivity index (χ1n) is 9.61. The highest BCUT2D eigenvalue weighted by Gasteiger charge is 2.21. The van der Waals surface area contributed by atoms with Crippen LogP contribution in [0.25, 0.3) is 0 Å². The van der Waals surface area contributed by atoms with Crippen molar-refractivity contribution in [2.45, 2.75) is 65.2 Å². The number of amides is 3. The molecule has 0 unspecified atom stereocenters. The Labute approximate surface area is 172 Å². The summed E-state index contributed by atoms with van der Waals surface area (Å²) < 4.78 is 10.4. The van der Waals surface area contributed by atoms with Crippen molar-refractivity contribution >= 4 is 18.1 Å². The van der Waals surface area contributed by atoms with Crippen LogP contribution in [0.3, 0.4) is 0 Å². The van der Waals surface area contributed by atoms with Gasteiger partial charge in [0.05, 0.1) is 12.6 Å². The topological polar surface area (TPSA) is 106 Å². The summed E-state index contributed by atoms with van der Waals surface area (Å²) in [5.74, 6) is -0.389. The zero-order valence-electron chi connectivity index (χ0n) is 18.1. The molecule has 0 bridgehead atoms. The summed E-state index contributed by atoms with van der Waals surface area (Å²) in [5.41, 5.74) is -0.254. The van der Waals surface area contributed by atoms with Crippen LogP contribution in [0.5, 0.6) is 0 Å². The molecule has 8 nitrogen and oxygen atoms in total. The molecule has 29 heavy (non-hydrogen) atoms. The number of carbonyl (C=O) groups is 3. The molecule has 0 saturated heterocycles. The highest BCUT2D eigenvalue weighted by Crippen LogP contribution is 2.08. The highest BCUT2D eigenvalue weighted by atomic mass is 16.6. The van der Waals surface area contributed by atoms with E-state index in [2.05, 4.69) is 16.0 Å². The molecule has 0 aliphatic rings. The summed E-state index contributed by atoms with van der Waals surface area (Å²) in [7, 11) is 0. The SMILES string of the molecule is CC(C)(C)OC(=O)NCC(=O)NC[C@@H](Cc1ccccc1)NC(=O)OC(C)(C)C. The fourth-order valence-corrected chi connectivity index (χ4v) is 2.31. The Morgan fingerprint density at radius 3 is 1.97 bits per heavy atom. The van der Waals surface area contributed by atoms with Gasteiger partial charge in [0.15, 0.2) is 0 Å². The molecule has 0 aliphatic heterocycles. The Balaban J connectivity index is 2.58. The fraction of sp³-hybridized carbons (Fsp3) is 0.571. The maximum absolute atomic E-state index is 12.1. The number of carbonyl (C=O) groups excluding carboxylic acids is 3. The zero-order chi connectivity index (χ0) is 22.1. The summed E-state index contributed by atoms with van der Waals surface area (Å²) in [5, 5.41) is 7.89. The molecule has 3 amide bonds. The number of alkyl carbamates (subject to hydrolysis) is 2. The molecule has 0 fully saturated rings. The number of hydrogen-bond acceptors (Lipinski definition) is 5. The van der Waals surface area contributed by atoms with E-state index in [1.165, 1.54) is 0 Å². The van der Waals surface area contributed by atoms with Gasteiger partial charge < -0.3 is 25.4 Å². The maximum Gasteiger partial charge on any atom is 0.408 e. The van der Waals surface area contributed by atoms with Crippen LogP contribution < -0.4 is 16.0 Å². The van der Waals surface area contributed by atoms with Gasteiger partial charge >= 0.3 is 12.2 Å². The lowest BCUT2D eigenvalue weighted by Gasteiger charge is -2.24. The zero-order valence-corrected chi connectivity index (χ0v) is 18.1. The molecular weight excluding hydrogens is 374 g/mol. The van der Waals surface area contributed by atoms with E-state index in [9.17, 15) is 14.4 Å². The minimum absolute atomic E-state index is 0.184. The van der Waals surface area contributed by atoms with Crippen LogP contribution in [0.2, 0.25) is 0 Å². The summed E-state index contributed by atoms with van der Waals surface area (Å²) in [6.45, 7) is 10.5. The van der Waals surface area contributed by atoms with E-state index in [1.54, 1.807) is 41.5 Å². The van der Waals surface area contributed by atoms with Crippen LogP contribution >= 0.6 is 0 Å². The summed E-state index contributed by atoms with van der Waals surface area (Å²) in [6.07, 6.45) is -0.709. The van der Waals surface area contributed by atoms with Crippen molar-refractivity contribution in [2.75, 3.05) is 13.1 Å². The lowest BCUT2D eigenvalue weighted by molar-refractivity contribution is -0.120. The second-order valence-electron chi connectivity index (χ2n) is 8.69. The third-order valence-electron chi connectivity index (χ3n) is 3.38. The van der Waals surface area contributed by atoms with Crippen molar-refractivity contribution in [2.24, 2.45) is 0 Å². The minimum Gasteiger partial charge on any atom is -0.444 e. The van der Waals surface area contributed by atoms with Gasteiger partial charge in [-0.05, 0) is 53.5 Å². The normalized spacial score (nSPS) is 12.5. The Morgan fingerprint density at radius 2 is 1.41 bits per heavy atom. The van der Waals surface area contributed by atoms with Gasteiger partial charge in [-0.3, -0.25) is 4.79 Å². The molecule has 1 atom stereocenters. The molecule has 0 aliphatic carbocycles. The van der Waals surface area contributed by atoms with Gasteiger partial charge in [0, 0.05) is 6.54 Å². The lowest BCUT2D eigenvalue weighted by Crippen LogP contribution is -2.48. The molecule has 0 saturated carbocycles. The Kier molecular flexibility index (Phi) is 8.94. The van der Waals surface area contributed by atoms with Crippen LogP contribution in [0.1, 0.15) is 47.1 Å². The minimum atomic E-state index is -0.666. The van der Waals surface area contributed by atoms with Crippen LogP contribution in [-0.4, -0.2) is 48.4 Å². The molecule has 162 valence electrons. The van der Waals surface area contributed by atoms with Crippen molar-refractivity contribution in [3.63, 3.8) is 0 Å². The number of rotatable bonds is 7. The van der Waals surface area contributed by atoms with Gasteiger partial charge in [0.2, 0.25) is 5.91 Å². The first-order valence-corrected chi connectivity index (χ1v) is 9.61. The standard InChI is InChI=1S/C21H33N3O5/c1-20(2,3)28-18(26)23-14-17(25)22-13-16(12-15-10-8-7-9-11-15)24-19(27)29-21(4,5)6/h7-11,16H,12-14H2,1-6H3,(H,22,25)(H,23,26)(H,24,27)/t16-/m1/s1. The van der Waals surface area contributed by atoms with Gasteiger partial charge in [-0.1, -0.05) is 30.3 Å². The quantitative estimate of drug-likeness (QED) is 0.644. The lowest BCUT2D eigenvalue weighted by atomic mass is 10.1. The van der Waals surface area contributed by atoms with E-state index >= 15 is 0 Å². The van der Waals surface area contributed by atoms with Crippen molar-refractivity contribution in [1.29, 1.82) is 0 Å². The van der Waals surface area contributed by atoms with E-state index in [1.807, 2.05) is 30.3 Å². The smallest absolute Gasteiger partial charge is 0.408 e. The molecule has 0 spiro atoms. The predicted octanol–water partition coefficient (Wildman–Crippen LogP) is 2.76. The Bertz CT molecular complexity index is 678. The molecule has 3 N–H and O–H groups in total. The summed E-state index contributed by atoms with van der Waals surface area (Å²) >= 11 is 0. The van der Waals surface area contributed by atoms with Crippen LogP contribution in [0.4, 0.5) is 9.59 Å². The van der Waals surface area contributed by atoms with Gasteiger partial charge in [-0.2, -0.15) is 0 Å². The van der Waals surface area contributed by atoms with Crippen molar-refractivity contribution in [3.8, 4) is 0 Å². The average molecular weight is 408 g/mol. The molecule has 0 aromatic heterocycles. The number of benzene rings is 1. The van der Waals surface area contributed by atoms with Crippen molar-refractivity contribution < 1.29 is 23.9 Å². The van der Waals surface area contributed by atoms with Gasteiger partial charge in [0.25, 0.3) is 0 Å². The number of ether oxygens (including phenoxy) is 2. The largest absolute Gasteiger partial charge is 0.444 e. The van der Waals surface area contributed by atoms with Gasteiger partial charge in [-0.15, -0.1) is 0 Å². The highest BCUT2D eigenvalue weighted by molar-refractivity contribution is 5.82. The molecule has 1 rings (SSSR count). The fourth-order valence-electron chi connectivity index (χ4n) is 2.31. The van der Waals surface area contributed by atoms with Crippen molar-refractivity contribution in [3.05, 3.63) is 35.9 Å². The van der Waals surface area contributed by atoms with E-state index in [-0.39, 0.29) is 25.0 Å². The monoisotopic (exact) mass is 407 g/mol. The second kappa shape index (κ2) is 10.7. The first-order chi connectivity index (χ1) is 13.3. The van der Waals surface area contributed by atoms with Gasteiger partial charge in [0.1, 0.15) is 11.2 Å². The van der Waals surface area contributed by atoms with Crippen molar-refractivity contribution in [1.82, 2.24) is 16.0 Å². The third-order valence-corrected chi connectivity index (χ3v) is 3.38. The van der Waals surface area contributed by atoms with E-state index in [0.717, 1.165) is 5.56 Å². The summed E-state index contributed by atoms with van der Waals surface area (Å²) in [4.78, 5) is 35.8. The molecule has 1 aromatic carbocycles. The van der Waals surface area contributed by atoms with E-state index < -0.39 is 23.4 Å². The maximum atomic E-state index is 12.1. The first kappa shape index (κ1) is 24.3. The molecule has 0 heterocycles. The Morgan fingerprint density at radius 1 is 0.862 bits per heavy atom. The summed E-state index contributed by atoms with van der Waals surface area (Å²) in [6, 6.07) is 9.22. The molecule has 8 heteroatoms. The van der Waals surface area contributed by atoms with Crippen LogP contribution in [0.15, 0.2) is 30.3 Å². The van der Waals surface area contributed by atoms with Crippen LogP contribution in [-0.2, 0) is 20.7 Å². The molecule has 1 aromatic rings. The molecule has 0 radical (unpaired) electrons. The third kappa shape index (κ3) is 12.3. The second-order valence-corrected chi connectivity index (χ2v) is 8.69. The predicted molar refractivity (Wildman–Crippen MR) is 111 cm³/mol. The number of hydrogen-bond donors (Lipinski definition) is 3. The average Bonchev–Trinajstić information content (AvgIpc) is 2.55. The van der Waals surface area contributed by atoms with Gasteiger partial charge in [-0.25, -0.2) is 9.59 Å². The Hall–Kier alpha value is -2.77. The van der Waals surface area contributed by atoms with Crippen LogP contribution in [0, 0.1) is 0 Å². The van der Waals surface area contributed by atoms with E-state index in [0.29, 0.717) is 6.42 Å². The number of nitrogens with one attached hydrogen (secondary N) is 3. The molecular formula is C21H33N3O5.